The minimum absolute atomic E-state index is 0.0138. The molecule has 0 aliphatic carbocycles. The maximum atomic E-state index is 15.5. The largest absolute Gasteiger partial charge is 0.371 e. The van der Waals surface area contributed by atoms with Crippen LogP contribution >= 0.6 is 11.6 Å². The number of imide groups is 2. The van der Waals surface area contributed by atoms with Crippen molar-refractivity contribution in [2.75, 3.05) is 80.1 Å². The van der Waals surface area contributed by atoms with E-state index >= 15 is 4.39 Å². The Hall–Kier alpha value is -5.52. The van der Waals surface area contributed by atoms with Crippen molar-refractivity contribution in [3.05, 3.63) is 87.7 Å². The normalized spacial score (nSPS) is 22.6. The fraction of sp³-hybridized carbons (Fsp3) is 0.455. The van der Waals surface area contributed by atoms with Crippen LogP contribution in [0.2, 0.25) is 5.02 Å². The van der Waals surface area contributed by atoms with Crippen LogP contribution in [0.5, 0.6) is 0 Å². The summed E-state index contributed by atoms with van der Waals surface area (Å²) in [5.74, 6) is -3.09. The number of benzene rings is 3. The topological polar surface area (TPSA) is 141 Å². The number of nitriles is 1. The summed E-state index contributed by atoms with van der Waals surface area (Å²) in [6.07, 6.45) is 4.94. The summed E-state index contributed by atoms with van der Waals surface area (Å²) in [5.41, 5.74) is 3.92. The first-order chi connectivity index (χ1) is 28.5. The summed E-state index contributed by atoms with van der Waals surface area (Å²) >= 11 is 6.33. The van der Waals surface area contributed by atoms with E-state index in [1.165, 1.54) is 6.07 Å². The minimum atomic E-state index is -1.10. The number of halogens is 2. The Morgan fingerprint density at radius 2 is 1.41 bits per heavy atom. The van der Waals surface area contributed by atoms with Crippen LogP contribution in [0, 0.1) is 22.6 Å². The van der Waals surface area contributed by atoms with Gasteiger partial charge in [0.05, 0.1) is 27.4 Å². The predicted octanol–water partition coefficient (Wildman–Crippen LogP) is 4.68. The van der Waals surface area contributed by atoms with E-state index in [0.29, 0.717) is 42.3 Å². The second-order valence-electron chi connectivity index (χ2n) is 16.8. The number of piperidine rings is 3. The number of amides is 5. The summed E-state index contributed by atoms with van der Waals surface area (Å²) in [6, 6.07) is 17.6. The maximum Gasteiger partial charge on any atom is 0.262 e. The van der Waals surface area contributed by atoms with Gasteiger partial charge < -0.3 is 19.6 Å². The van der Waals surface area contributed by atoms with E-state index in [0.717, 1.165) is 93.7 Å². The second kappa shape index (κ2) is 15.6. The molecule has 1 unspecified atom stereocenters. The van der Waals surface area contributed by atoms with Crippen molar-refractivity contribution in [3.63, 3.8) is 0 Å². The number of anilines is 3. The Labute approximate surface area is 347 Å². The third kappa shape index (κ3) is 7.29. The monoisotopic (exact) mass is 820 g/mol. The van der Waals surface area contributed by atoms with Crippen LogP contribution in [0.15, 0.2) is 54.6 Å². The quantitative estimate of drug-likeness (QED) is 0.349. The lowest BCUT2D eigenvalue weighted by atomic mass is 9.77. The molecule has 6 heterocycles. The molecule has 0 aromatic heterocycles. The third-order valence-corrected chi connectivity index (χ3v) is 13.9. The average Bonchev–Trinajstić information content (AvgIpc) is 3.77. The third-order valence-electron chi connectivity index (χ3n) is 13.6. The average molecular weight is 821 g/mol. The molecule has 1 atom stereocenters. The highest BCUT2D eigenvalue weighted by Crippen LogP contribution is 2.43. The lowest BCUT2D eigenvalue weighted by molar-refractivity contribution is -0.136. The number of carbonyl (C=O) groups excluding carboxylic acids is 5. The van der Waals surface area contributed by atoms with Crippen LogP contribution in [-0.2, 0) is 9.59 Å². The SMILES string of the molecule is N#Cc1ccc(N2CCC3(CCN(c4ccc(C(=O)N5CCN(C6CCN(c7cc8c(cc7F)C(=O)N(C7CCC(=O)NC7=O)C8=O)CC6)CC5)cc4)CC3)C2)cc1Cl. The van der Waals surface area contributed by atoms with Crippen LogP contribution < -0.4 is 20.0 Å². The summed E-state index contributed by atoms with van der Waals surface area (Å²) in [5, 5.41) is 11.9. The molecule has 5 saturated heterocycles. The summed E-state index contributed by atoms with van der Waals surface area (Å²) in [7, 11) is 0. The first-order valence-electron chi connectivity index (χ1n) is 20.6. The van der Waals surface area contributed by atoms with Gasteiger partial charge in [0.2, 0.25) is 11.8 Å². The molecular weight excluding hydrogens is 775 g/mol. The second-order valence-corrected chi connectivity index (χ2v) is 17.2. The van der Waals surface area contributed by atoms with Crippen LogP contribution in [0.3, 0.4) is 0 Å². The first kappa shape index (κ1) is 39.0. The summed E-state index contributed by atoms with van der Waals surface area (Å²) in [6.45, 7) is 7.77. The van der Waals surface area contributed by atoms with E-state index < -0.39 is 35.5 Å². The van der Waals surface area contributed by atoms with Gasteiger partial charge in [0.25, 0.3) is 17.7 Å². The molecule has 59 heavy (non-hydrogen) atoms. The minimum Gasteiger partial charge on any atom is -0.371 e. The number of fused-ring (bicyclic) bond motifs is 1. The molecule has 6 aliphatic heterocycles. The highest BCUT2D eigenvalue weighted by Gasteiger charge is 2.46. The molecule has 6 aliphatic rings. The number of nitrogens with zero attached hydrogens (tertiary/aromatic N) is 7. The molecule has 1 spiro atoms. The zero-order valence-corrected chi connectivity index (χ0v) is 33.6. The number of hydrogen-bond acceptors (Lipinski definition) is 10. The molecule has 1 N–H and O–H groups in total. The standard InChI is InChI=1S/C44H46ClFN8O5/c45-35-23-32(6-3-29(35)26-47)53-18-13-44(27-53)11-16-49(17-12-44)30-4-1-28(2-5-30)41(57)52-21-19-50(20-22-52)31-9-14-51(15-10-31)38-25-34-33(24-36(38)46)42(58)54(43(34)59)37-7-8-39(55)48-40(37)56/h1-6,23-25,31,37H,7-22,27H2,(H,48,55,56). The van der Waals surface area contributed by atoms with Crippen molar-refractivity contribution in [3.8, 4) is 6.07 Å². The molecule has 0 radical (unpaired) electrons. The van der Waals surface area contributed by atoms with Gasteiger partial charge in [0.15, 0.2) is 0 Å². The number of nitrogens with one attached hydrogen (secondary N) is 1. The van der Waals surface area contributed by atoms with Gasteiger partial charge >= 0.3 is 0 Å². The number of hydrogen-bond donors (Lipinski definition) is 1. The fourth-order valence-corrected chi connectivity index (χ4v) is 10.3. The van der Waals surface area contributed by atoms with Gasteiger partial charge in [-0.2, -0.15) is 5.26 Å². The fourth-order valence-electron chi connectivity index (χ4n) is 10.1. The van der Waals surface area contributed by atoms with E-state index in [-0.39, 0.29) is 47.0 Å². The Morgan fingerprint density at radius 3 is 2.05 bits per heavy atom. The Bertz CT molecular complexity index is 2260. The molecule has 9 rings (SSSR count). The molecule has 5 amide bonds. The van der Waals surface area contributed by atoms with Crippen molar-refractivity contribution >= 4 is 58.2 Å². The molecule has 3 aromatic rings. The molecular formula is C44H46ClFN8O5. The van der Waals surface area contributed by atoms with E-state index in [4.69, 9.17) is 11.6 Å². The van der Waals surface area contributed by atoms with Gasteiger partial charge in [0, 0.05) is 94.8 Å². The van der Waals surface area contributed by atoms with Crippen molar-refractivity contribution < 1.29 is 28.4 Å². The van der Waals surface area contributed by atoms with Crippen LogP contribution in [0.25, 0.3) is 0 Å². The van der Waals surface area contributed by atoms with E-state index in [9.17, 15) is 29.2 Å². The van der Waals surface area contributed by atoms with Gasteiger partial charge in [-0.25, -0.2) is 4.39 Å². The number of rotatable bonds is 6. The van der Waals surface area contributed by atoms with Gasteiger partial charge in [-0.1, -0.05) is 11.6 Å². The van der Waals surface area contributed by atoms with Gasteiger partial charge in [0.1, 0.15) is 17.9 Å². The number of carbonyl (C=O) groups is 5. The zero-order valence-electron chi connectivity index (χ0n) is 32.8. The molecule has 306 valence electrons. The summed E-state index contributed by atoms with van der Waals surface area (Å²) in [4.78, 5) is 76.0. The van der Waals surface area contributed by atoms with E-state index in [1.54, 1.807) is 6.07 Å². The molecule has 15 heteroatoms. The predicted molar refractivity (Wildman–Crippen MR) is 219 cm³/mol. The lowest BCUT2D eigenvalue weighted by Crippen LogP contribution is -2.54. The van der Waals surface area contributed by atoms with Gasteiger partial charge in [-0.05, 0) is 98.5 Å². The van der Waals surface area contributed by atoms with E-state index in [2.05, 4.69) is 38.2 Å². The Morgan fingerprint density at radius 1 is 0.763 bits per heavy atom. The molecule has 13 nitrogen and oxygen atoms in total. The van der Waals surface area contributed by atoms with Crippen molar-refractivity contribution in [1.82, 2.24) is 20.0 Å². The molecule has 3 aromatic carbocycles. The van der Waals surface area contributed by atoms with Gasteiger partial charge in [-0.3, -0.25) is 39.1 Å². The summed E-state index contributed by atoms with van der Waals surface area (Å²) < 4.78 is 15.5. The molecule has 5 fully saturated rings. The highest BCUT2D eigenvalue weighted by atomic mass is 35.5. The van der Waals surface area contributed by atoms with Gasteiger partial charge in [-0.15, -0.1) is 0 Å². The van der Waals surface area contributed by atoms with Crippen LogP contribution in [-0.4, -0.2) is 122 Å². The van der Waals surface area contributed by atoms with E-state index in [1.807, 2.05) is 34.1 Å². The Kier molecular flexibility index (Phi) is 10.3. The smallest absolute Gasteiger partial charge is 0.262 e. The molecule has 0 bridgehead atoms. The zero-order chi connectivity index (χ0) is 41.0. The van der Waals surface area contributed by atoms with Crippen LogP contribution in [0.1, 0.15) is 81.6 Å². The first-order valence-corrected chi connectivity index (χ1v) is 21.0. The van der Waals surface area contributed by atoms with Crippen molar-refractivity contribution in [2.24, 2.45) is 5.41 Å². The Balaban J connectivity index is 0.741. The maximum absolute atomic E-state index is 15.5. The molecule has 0 saturated carbocycles. The highest BCUT2D eigenvalue weighted by molar-refractivity contribution is 6.32. The van der Waals surface area contributed by atoms with Crippen LogP contribution in [0.4, 0.5) is 21.5 Å². The van der Waals surface area contributed by atoms with Crippen molar-refractivity contribution in [1.29, 1.82) is 5.26 Å². The lowest BCUT2D eigenvalue weighted by Gasteiger charge is -2.43. The van der Waals surface area contributed by atoms with Crippen molar-refractivity contribution in [2.45, 2.75) is 57.0 Å². The number of piperazine rings is 1.